The molecule has 5 nitrogen and oxygen atoms in total. The van der Waals surface area contributed by atoms with Gasteiger partial charge in [-0.3, -0.25) is 4.79 Å². The largest absolute Gasteiger partial charge is 0.497 e. The molecule has 122 valence electrons. The molecule has 0 aromatic heterocycles. The van der Waals surface area contributed by atoms with Gasteiger partial charge in [0.1, 0.15) is 5.75 Å². The number of methoxy groups -OCH3 is 1. The second-order valence-electron chi connectivity index (χ2n) is 4.86. The molecule has 0 heterocycles. The average Bonchev–Trinajstić information content (AvgIpc) is 2.64. The van der Waals surface area contributed by atoms with Crippen molar-refractivity contribution in [2.24, 2.45) is 0 Å². The van der Waals surface area contributed by atoms with E-state index in [9.17, 15) is 9.59 Å². The molecule has 0 radical (unpaired) electrons. The van der Waals surface area contributed by atoms with E-state index in [0.29, 0.717) is 16.9 Å². The van der Waals surface area contributed by atoms with Crippen LogP contribution in [0, 0.1) is 12.3 Å². The van der Waals surface area contributed by atoms with E-state index in [0.717, 1.165) is 0 Å². The minimum absolute atomic E-state index is 0.152. The van der Waals surface area contributed by atoms with Crippen LogP contribution in [0.4, 0.5) is 0 Å². The van der Waals surface area contributed by atoms with Crippen LogP contribution < -0.4 is 10.1 Å². The molecule has 0 saturated heterocycles. The Morgan fingerprint density at radius 2 is 1.79 bits per heavy atom. The van der Waals surface area contributed by atoms with E-state index >= 15 is 0 Å². The molecule has 24 heavy (non-hydrogen) atoms. The highest BCUT2D eigenvalue weighted by Gasteiger charge is 2.24. The van der Waals surface area contributed by atoms with Crippen LogP contribution in [0.25, 0.3) is 0 Å². The Morgan fingerprint density at radius 3 is 2.38 bits per heavy atom. The molecule has 0 bridgehead atoms. The minimum atomic E-state index is -0.936. The van der Waals surface area contributed by atoms with E-state index in [-0.39, 0.29) is 6.61 Å². The average molecular weight is 323 g/mol. The van der Waals surface area contributed by atoms with Crippen LogP contribution >= 0.6 is 0 Å². The molecule has 0 aliphatic rings. The molecule has 1 N–H and O–H groups in total. The third-order valence-corrected chi connectivity index (χ3v) is 3.29. The van der Waals surface area contributed by atoms with Gasteiger partial charge in [-0.2, -0.15) is 0 Å². The lowest BCUT2D eigenvalue weighted by molar-refractivity contribution is -0.144. The molecular weight excluding hydrogens is 306 g/mol. The van der Waals surface area contributed by atoms with Gasteiger partial charge in [0, 0.05) is 5.56 Å². The van der Waals surface area contributed by atoms with E-state index in [4.69, 9.17) is 15.9 Å². The first-order valence-corrected chi connectivity index (χ1v) is 7.25. The fourth-order valence-electron chi connectivity index (χ4n) is 2.08. The number of terminal acetylenes is 1. The summed E-state index contributed by atoms with van der Waals surface area (Å²) in [6.45, 7) is -0.152. The van der Waals surface area contributed by atoms with Gasteiger partial charge in [-0.15, -0.1) is 6.42 Å². The van der Waals surface area contributed by atoms with E-state index in [1.54, 1.807) is 55.6 Å². The van der Waals surface area contributed by atoms with Gasteiger partial charge in [-0.25, -0.2) is 4.79 Å². The predicted molar refractivity (Wildman–Crippen MR) is 89.4 cm³/mol. The number of benzene rings is 2. The molecule has 1 atom stereocenters. The van der Waals surface area contributed by atoms with Gasteiger partial charge < -0.3 is 14.8 Å². The molecule has 1 amide bonds. The number of nitrogens with one attached hydrogen (secondary N) is 1. The normalized spacial score (nSPS) is 11.0. The van der Waals surface area contributed by atoms with Crippen molar-refractivity contribution in [2.45, 2.75) is 6.04 Å². The Bertz CT molecular complexity index is 732. The van der Waals surface area contributed by atoms with Gasteiger partial charge in [0.05, 0.1) is 7.11 Å². The quantitative estimate of drug-likeness (QED) is 0.655. The van der Waals surface area contributed by atoms with E-state index in [1.807, 2.05) is 6.07 Å². The van der Waals surface area contributed by atoms with Crippen molar-refractivity contribution in [2.75, 3.05) is 13.7 Å². The summed E-state index contributed by atoms with van der Waals surface area (Å²) in [6, 6.07) is 14.5. The molecule has 2 aromatic carbocycles. The summed E-state index contributed by atoms with van der Waals surface area (Å²) in [7, 11) is 1.54. The monoisotopic (exact) mass is 323 g/mol. The summed E-state index contributed by atoms with van der Waals surface area (Å²) in [5.74, 6) is 1.86. The lowest BCUT2D eigenvalue weighted by Crippen LogP contribution is -2.35. The predicted octanol–water partition coefficient (Wildman–Crippen LogP) is 2.34. The van der Waals surface area contributed by atoms with Crippen molar-refractivity contribution in [3.05, 3.63) is 65.7 Å². The van der Waals surface area contributed by atoms with Crippen molar-refractivity contribution in [1.82, 2.24) is 5.32 Å². The maximum Gasteiger partial charge on any atom is 0.334 e. The van der Waals surface area contributed by atoms with Crippen molar-refractivity contribution >= 4 is 11.9 Å². The number of hydrogen-bond acceptors (Lipinski definition) is 4. The summed E-state index contributed by atoms with van der Waals surface area (Å²) in [4.78, 5) is 24.6. The van der Waals surface area contributed by atoms with E-state index in [1.165, 1.54) is 0 Å². The SMILES string of the molecule is C#CCOC(=O)[C@H](NC(=O)c1ccc(OC)cc1)c1ccccc1. The fourth-order valence-corrected chi connectivity index (χ4v) is 2.08. The minimum Gasteiger partial charge on any atom is -0.497 e. The molecule has 0 unspecified atom stereocenters. The summed E-state index contributed by atoms with van der Waals surface area (Å²) in [6.07, 6.45) is 5.11. The first-order chi connectivity index (χ1) is 11.7. The summed E-state index contributed by atoms with van der Waals surface area (Å²) >= 11 is 0. The Hall–Kier alpha value is -3.26. The molecule has 5 heteroatoms. The Kier molecular flexibility index (Phi) is 5.98. The maximum atomic E-state index is 12.4. The van der Waals surface area contributed by atoms with Crippen molar-refractivity contribution in [1.29, 1.82) is 0 Å². The van der Waals surface area contributed by atoms with Crippen LogP contribution in [0.15, 0.2) is 54.6 Å². The number of hydrogen-bond donors (Lipinski definition) is 1. The Morgan fingerprint density at radius 1 is 1.12 bits per heavy atom. The van der Waals surface area contributed by atoms with Crippen LogP contribution in [0.5, 0.6) is 5.75 Å². The van der Waals surface area contributed by atoms with Crippen molar-refractivity contribution in [3.8, 4) is 18.1 Å². The maximum absolute atomic E-state index is 12.4. The van der Waals surface area contributed by atoms with Crippen molar-refractivity contribution < 1.29 is 19.1 Å². The number of ether oxygens (including phenoxy) is 2. The zero-order chi connectivity index (χ0) is 17.4. The van der Waals surface area contributed by atoms with Gasteiger partial charge in [0.2, 0.25) is 0 Å². The number of carbonyl (C=O) groups is 2. The van der Waals surface area contributed by atoms with Gasteiger partial charge in [0.25, 0.3) is 5.91 Å². The fraction of sp³-hybridized carbons (Fsp3) is 0.158. The third kappa shape index (κ3) is 4.37. The molecule has 0 aliphatic heterocycles. The topological polar surface area (TPSA) is 64.6 Å². The number of rotatable bonds is 6. The zero-order valence-electron chi connectivity index (χ0n) is 13.2. The molecule has 2 rings (SSSR count). The molecule has 0 aliphatic carbocycles. The van der Waals surface area contributed by atoms with Gasteiger partial charge in [0.15, 0.2) is 12.6 Å². The standard InChI is InChI=1S/C19H17NO4/c1-3-13-24-19(22)17(14-7-5-4-6-8-14)20-18(21)15-9-11-16(23-2)12-10-15/h1,4-12,17H,13H2,2H3,(H,20,21)/t17-/m1/s1. The lowest BCUT2D eigenvalue weighted by Gasteiger charge is -2.17. The Labute approximate surface area is 140 Å². The number of amides is 1. The van der Waals surface area contributed by atoms with Gasteiger partial charge in [-0.1, -0.05) is 36.3 Å². The van der Waals surface area contributed by atoms with Gasteiger partial charge >= 0.3 is 5.97 Å². The van der Waals surface area contributed by atoms with E-state index in [2.05, 4.69) is 11.2 Å². The van der Waals surface area contributed by atoms with E-state index < -0.39 is 17.9 Å². The summed E-state index contributed by atoms with van der Waals surface area (Å²) in [5.41, 5.74) is 1.02. The second kappa shape index (κ2) is 8.39. The summed E-state index contributed by atoms with van der Waals surface area (Å²) in [5, 5.41) is 2.67. The zero-order valence-corrected chi connectivity index (χ0v) is 13.2. The van der Waals surface area contributed by atoms with Crippen LogP contribution in [0.3, 0.4) is 0 Å². The molecule has 2 aromatic rings. The first-order valence-electron chi connectivity index (χ1n) is 7.25. The lowest BCUT2D eigenvalue weighted by atomic mass is 10.1. The summed E-state index contributed by atoms with van der Waals surface area (Å²) < 4.78 is 10.0. The van der Waals surface area contributed by atoms with Crippen molar-refractivity contribution in [3.63, 3.8) is 0 Å². The second-order valence-corrected chi connectivity index (χ2v) is 4.86. The number of carbonyl (C=O) groups excluding carboxylic acids is 2. The molecular formula is C19H17NO4. The molecule has 0 saturated carbocycles. The molecule has 0 spiro atoms. The van der Waals surface area contributed by atoms with Gasteiger partial charge in [-0.05, 0) is 29.8 Å². The highest BCUT2D eigenvalue weighted by molar-refractivity contribution is 5.97. The van der Waals surface area contributed by atoms with Crippen LogP contribution in [-0.4, -0.2) is 25.6 Å². The van der Waals surface area contributed by atoms with Crippen LogP contribution in [0.2, 0.25) is 0 Å². The third-order valence-electron chi connectivity index (χ3n) is 3.29. The smallest absolute Gasteiger partial charge is 0.334 e. The first kappa shape index (κ1) is 17.1. The highest BCUT2D eigenvalue weighted by atomic mass is 16.5. The Balaban J connectivity index is 2.19. The van der Waals surface area contributed by atoms with Crippen LogP contribution in [-0.2, 0) is 9.53 Å². The highest BCUT2D eigenvalue weighted by Crippen LogP contribution is 2.17. The van der Waals surface area contributed by atoms with Crippen LogP contribution in [0.1, 0.15) is 22.0 Å². The molecule has 0 fully saturated rings. The number of esters is 1.